The highest BCUT2D eigenvalue weighted by atomic mass is 15.2. The van der Waals surface area contributed by atoms with Crippen molar-refractivity contribution in [2.75, 3.05) is 13.1 Å². The molecule has 4 rings (SSSR count). The zero-order chi connectivity index (χ0) is 14.8. The van der Waals surface area contributed by atoms with E-state index in [0.717, 1.165) is 6.04 Å². The van der Waals surface area contributed by atoms with Crippen LogP contribution in [0.1, 0.15) is 48.3 Å². The molecule has 22 heavy (non-hydrogen) atoms. The van der Waals surface area contributed by atoms with Crippen molar-refractivity contribution in [2.45, 2.75) is 44.1 Å². The van der Waals surface area contributed by atoms with Crippen molar-refractivity contribution in [3.05, 3.63) is 71.3 Å². The van der Waals surface area contributed by atoms with Gasteiger partial charge in [0.05, 0.1) is 0 Å². The summed E-state index contributed by atoms with van der Waals surface area (Å²) in [6.45, 7) is 2.60. The van der Waals surface area contributed by atoms with E-state index in [4.69, 9.17) is 0 Å². The first-order valence-electron chi connectivity index (χ1n) is 8.78. The Morgan fingerprint density at radius 3 is 2.32 bits per heavy atom. The molecule has 1 heterocycles. The van der Waals surface area contributed by atoms with E-state index >= 15 is 0 Å². The molecule has 1 heteroatoms. The topological polar surface area (TPSA) is 3.24 Å². The highest BCUT2D eigenvalue weighted by Gasteiger charge is 2.31. The first-order valence-corrected chi connectivity index (χ1v) is 8.78. The average molecular weight is 291 g/mol. The molecule has 0 saturated carbocycles. The molecule has 114 valence electrons. The van der Waals surface area contributed by atoms with Crippen molar-refractivity contribution in [3.8, 4) is 0 Å². The quantitative estimate of drug-likeness (QED) is 0.780. The maximum atomic E-state index is 2.76. The standard InChI is InChI=1S/C21H25N/c1-3-9-17(10-4-1)21-16-19(22-13-7-2-8-14-22)15-18-11-5-6-12-20(18)21/h1,3-6,9-12,19,21H,2,7-8,13-16H2. The first kappa shape index (κ1) is 14.0. The van der Waals surface area contributed by atoms with Crippen LogP contribution >= 0.6 is 0 Å². The van der Waals surface area contributed by atoms with Gasteiger partial charge >= 0.3 is 0 Å². The molecule has 0 radical (unpaired) electrons. The SMILES string of the molecule is c1ccc(C2CC(N3CCCCC3)Cc3ccccc32)cc1. The minimum absolute atomic E-state index is 0.568. The largest absolute Gasteiger partial charge is 0.300 e. The molecule has 2 aromatic carbocycles. The fraction of sp³-hybridized carbons (Fsp3) is 0.429. The summed E-state index contributed by atoms with van der Waals surface area (Å²) in [5.74, 6) is 0.568. The van der Waals surface area contributed by atoms with Crippen molar-refractivity contribution in [2.24, 2.45) is 0 Å². The maximum Gasteiger partial charge on any atom is 0.0145 e. The van der Waals surface area contributed by atoms with E-state index in [-0.39, 0.29) is 0 Å². The van der Waals surface area contributed by atoms with E-state index in [1.807, 2.05) is 0 Å². The van der Waals surface area contributed by atoms with Gasteiger partial charge in [-0.25, -0.2) is 0 Å². The van der Waals surface area contributed by atoms with Gasteiger partial charge < -0.3 is 4.90 Å². The van der Waals surface area contributed by atoms with E-state index in [1.165, 1.54) is 50.8 Å². The first-order chi connectivity index (χ1) is 10.9. The minimum atomic E-state index is 0.568. The molecule has 2 aromatic rings. The summed E-state index contributed by atoms with van der Waals surface area (Å²) in [6.07, 6.45) is 6.70. The van der Waals surface area contributed by atoms with Crippen molar-refractivity contribution in [3.63, 3.8) is 0 Å². The van der Waals surface area contributed by atoms with E-state index in [1.54, 1.807) is 11.1 Å². The summed E-state index contributed by atoms with van der Waals surface area (Å²) in [5.41, 5.74) is 4.61. The molecule has 1 fully saturated rings. The Labute approximate surface area is 134 Å². The predicted molar refractivity (Wildman–Crippen MR) is 92.3 cm³/mol. The van der Waals surface area contributed by atoms with Crippen LogP contribution in [0.15, 0.2) is 54.6 Å². The third kappa shape index (κ3) is 2.70. The summed E-state index contributed by atoms with van der Waals surface area (Å²) in [4.78, 5) is 2.76. The van der Waals surface area contributed by atoms with Gasteiger partial charge in [-0.15, -0.1) is 0 Å². The monoisotopic (exact) mass is 291 g/mol. The van der Waals surface area contributed by atoms with Gasteiger partial charge in [0.2, 0.25) is 0 Å². The molecule has 1 saturated heterocycles. The summed E-state index contributed by atoms with van der Waals surface area (Å²) >= 11 is 0. The lowest BCUT2D eigenvalue weighted by Gasteiger charge is -2.40. The maximum absolute atomic E-state index is 2.76. The molecule has 0 N–H and O–H groups in total. The van der Waals surface area contributed by atoms with Crippen LogP contribution in [-0.4, -0.2) is 24.0 Å². The van der Waals surface area contributed by atoms with E-state index in [2.05, 4.69) is 59.5 Å². The fourth-order valence-electron chi connectivity index (χ4n) is 4.36. The van der Waals surface area contributed by atoms with E-state index in [0.29, 0.717) is 5.92 Å². The van der Waals surface area contributed by atoms with Crippen LogP contribution in [0.25, 0.3) is 0 Å². The van der Waals surface area contributed by atoms with Crippen molar-refractivity contribution in [1.29, 1.82) is 0 Å². The van der Waals surface area contributed by atoms with Crippen molar-refractivity contribution >= 4 is 0 Å². The number of benzene rings is 2. The second-order valence-electron chi connectivity index (χ2n) is 6.85. The van der Waals surface area contributed by atoms with Crippen LogP contribution in [0, 0.1) is 0 Å². The van der Waals surface area contributed by atoms with Crippen molar-refractivity contribution < 1.29 is 0 Å². The van der Waals surface area contributed by atoms with Crippen LogP contribution in [0.5, 0.6) is 0 Å². The number of likely N-dealkylation sites (tertiary alicyclic amines) is 1. The molecule has 2 aliphatic rings. The highest BCUT2D eigenvalue weighted by molar-refractivity contribution is 5.41. The molecule has 0 amide bonds. The number of nitrogens with zero attached hydrogens (tertiary/aromatic N) is 1. The number of rotatable bonds is 2. The average Bonchev–Trinajstić information content (AvgIpc) is 2.62. The Kier molecular flexibility index (Phi) is 3.99. The molecule has 1 nitrogen and oxygen atoms in total. The van der Waals surface area contributed by atoms with Gasteiger partial charge in [0.15, 0.2) is 0 Å². The lowest BCUT2D eigenvalue weighted by molar-refractivity contribution is 0.145. The zero-order valence-electron chi connectivity index (χ0n) is 13.2. The lowest BCUT2D eigenvalue weighted by atomic mass is 9.76. The summed E-state index contributed by atoms with van der Waals surface area (Å²) in [7, 11) is 0. The molecule has 0 bridgehead atoms. The molecular weight excluding hydrogens is 266 g/mol. The zero-order valence-corrected chi connectivity index (χ0v) is 13.2. The molecule has 1 aliphatic heterocycles. The lowest BCUT2D eigenvalue weighted by Crippen LogP contribution is -2.43. The van der Waals surface area contributed by atoms with E-state index in [9.17, 15) is 0 Å². The van der Waals surface area contributed by atoms with Gasteiger partial charge in [0.1, 0.15) is 0 Å². The van der Waals surface area contributed by atoms with Gasteiger partial charge in [0, 0.05) is 12.0 Å². The summed E-state index contributed by atoms with van der Waals surface area (Å²) in [6, 6.07) is 20.9. The molecule has 1 aliphatic carbocycles. The van der Waals surface area contributed by atoms with Gasteiger partial charge in [-0.3, -0.25) is 0 Å². The number of hydrogen-bond donors (Lipinski definition) is 0. The van der Waals surface area contributed by atoms with E-state index < -0.39 is 0 Å². The summed E-state index contributed by atoms with van der Waals surface area (Å²) < 4.78 is 0. The Morgan fingerprint density at radius 2 is 1.50 bits per heavy atom. The van der Waals surface area contributed by atoms with Crippen LogP contribution in [0.2, 0.25) is 0 Å². The normalized spacial score (nSPS) is 25.6. The Balaban J connectivity index is 1.67. The predicted octanol–water partition coefficient (Wildman–Crippen LogP) is 4.62. The molecule has 0 spiro atoms. The molecule has 2 unspecified atom stereocenters. The second kappa shape index (κ2) is 6.26. The fourth-order valence-corrected chi connectivity index (χ4v) is 4.36. The Morgan fingerprint density at radius 1 is 0.773 bits per heavy atom. The molecular formula is C21H25N. The highest BCUT2D eigenvalue weighted by Crippen LogP contribution is 2.38. The second-order valence-corrected chi connectivity index (χ2v) is 6.85. The Bertz CT molecular complexity index is 613. The third-order valence-corrected chi connectivity index (χ3v) is 5.50. The van der Waals surface area contributed by atoms with Gasteiger partial charge in [-0.1, -0.05) is 61.0 Å². The molecule has 2 atom stereocenters. The number of hydrogen-bond acceptors (Lipinski definition) is 1. The van der Waals surface area contributed by atoms with Gasteiger partial charge in [0.25, 0.3) is 0 Å². The summed E-state index contributed by atoms with van der Waals surface area (Å²) in [5, 5.41) is 0. The van der Waals surface area contributed by atoms with Crippen LogP contribution in [0.3, 0.4) is 0 Å². The van der Waals surface area contributed by atoms with Gasteiger partial charge in [-0.05, 0) is 55.5 Å². The van der Waals surface area contributed by atoms with Gasteiger partial charge in [-0.2, -0.15) is 0 Å². The molecule has 0 aromatic heterocycles. The number of fused-ring (bicyclic) bond motifs is 1. The Hall–Kier alpha value is -1.60. The van der Waals surface area contributed by atoms with Crippen LogP contribution in [-0.2, 0) is 6.42 Å². The minimum Gasteiger partial charge on any atom is -0.300 e. The third-order valence-electron chi connectivity index (χ3n) is 5.50. The van der Waals surface area contributed by atoms with Crippen LogP contribution < -0.4 is 0 Å². The number of piperidine rings is 1. The smallest absolute Gasteiger partial charge is 0.0145 e. The van der Waals surface area contributed by atoms with Crippen molar-refractivity contribution in [1.82, 2.24) is 4.90 Å². The van der Waals surface area contributed by atoms with Crippen LogP contribution in [0.4, 0.5) is 0 Å².